The second-order valence-corrected chi connectivity index (χ2v) is 5.93. The number of benzene rings is 1. The molecule has 1 aromatic carbocycles. The highest BCUT2D eigenvalue weighted by Crippen LogP contribution is 2.24. The van der Waals surface area contributed by atoms with E-state index in [9.17, 15) is 5.11 Å². The summed E-state index contributed by atoms with van der Waals surface area (Å²) in [6, 6.07) is 11.3. The third-order valence-corrected chi connectivity index (χ3v) is 4.34. The van der Waals surface area contributed by atoms with E-state index in [0.29, 0.717) is 12.3 Å². The van der Waals surface area contributed by atoms with Crippen molar-refractivity contribution in [2.45, 2.75) is 31.9 Å². The number of rotatable bonds is 4. The van der Waals surface area contributed by atoms with Crippen molar-refractivity contribution >= 4 is 11.2 Å². The Hall–Kier alpha value is -2.40. The minimum Gasteiger partial charge on any atom is -0.508 e. The lowest BCUT2D eigenvalue weighted by molar-refractivity contribution is 0.109. The van der Waals surface area contributed by atoms with Gasteiger partial charge in [0.05, 0.1) is 12.6 Å². The van der Waals surface area contributed by atoms with Crippen molar-refractivity contribution in [2.24, 2.45) is 0 Å². The summed E-state index contributed by atoms with van der Waals surface area (Å²) in [7, 11) is 0. The van der Waals surface area contributed by atoms with E-state index < -0.39 is 0 Å². The Morgan fingerprint density at radius 3 is 2.96 bits per heavy atom. The molecule has 3 aromatic rings. The molecule has 4 rings (SSSR count). The van der Waals surface area contributed by atoms with Crippen molar-refractivity contribution in [2.75, 3.05) is 6.61 Å². The average Bonchev–Trinajstić information content (AvgIpc) is 3.19. The Bertz CT molecular complexity index is 822. The number of ether oxygens (including phenoxy) is 1. The lowest BCUT2D eigenvalue weighted by Gasteiger charge is -2.13. The van der Waals surface area contributed by atoms with Gasteiger partial charge in [-0.3, -0.25) is 0 Å². The molecule has 1 unspecified atom stereocenters. The van der Waals surface area contributed by atoms with E-state index in [1.54, 1.807) is 12.3 Å². The van der Waals surface area contributed by atoms with Crippen molar-refractivity contribution in [1.82, 2.24) is 14.5 Å². The summed E-state index contributed by atoms with van der Waals surface area (Å²) in [6.07, 6.45) is 4.98. The zero-order valence-corrected chi connectivity index (χ0v) is 12.9. The van der Waals surface area contributed by atoms with Crippen LogP contribution < -0.4 is 0 Å². The first kappa shape index (κ1) is 14.2. The van der Waals surface area contributed by atoms with Gasteiger partial charge in [-0.05, 0) is 31.0 Å². The Labute approximate surface area is 134 Å². The number of nitrogens with zero attached hydrogens (tertiary/aromatic N) is 3. The predicted molar refractivity (Wildman–Crippen MR) is 87.4 cm³/mol. The molecular weight excluding hydrogens is 290 g/mol. The molecule has 1 fully saturated rings. The summed E-state index contributed by atoms with van der Waals surface area (Å²) in [4.78, 5) is 9.22. The monoisotopic (exact) mass is 309 g/mol. The Morgan fingerprint density at radius 1 is 1.22 bits per heavy atom. The maximum Gasteiger partial charge on any atom is 0.160 e. The van der Waals surface area contributed by atoms with Crippen molar-refractivity contribution in [1.29, 1.82) is 0 Å². The number of fused-ring (bicyclic) bond motifs is 1. The molecule has 0 amide bonds. The number of para-hydroxylation sites is 1. The second kappa shape index (κ2) is 6.01. The number of pyridine rings is 1. The summed E-state index contributed by atoms with van der Waals surface area (Å²) in [5.41, 5.74) is 2.60. The molecule has 5 nitrogen and oxygen atoms in total. The van der Waals surface area contributed by atoms with E-state index in [2.05, 4.69) is 9.55 Å². The highest BCUT2D eigenvalue weighted by Gasteiger charge is 2.21. The smallest absolute Gasteiger partial charge is 0.160 e. The van der Waals surface area contributed by atoms with Gasteiger partial charge in [-0.15, -0.1) is 0 Å². The molecule has 2 aromatic heterocycles. The first-order chi connectivity index (χ1) is 11.3. The van der Waals surface area contributed by atoms with Gasteiger partial charge in [0.25, 0.3) is 0 Å². The average molecular weight is 309 g/mol. The summed E-state index contributed by atoms with van der Waals surface area (Å²) >= 11 is 0. The maximum absolute atomic E-state index is 10.1. The van der Waals surface area contributed by atoms with Crippen LogP contribution in [0.2, 0.25) is 0 Å². The molecular formula is C18H19N3O2. The van der Waals surface area contributed by atoms with Crippen LogP contribution in [0.1, 0.15) is 24.2 Å². The van der Waals surface area contributed by atoms with E-state index in [0.717, 1.165) is 48.4 Å². The number of phenols is 1. The summed E-state index contributed by atoms with van der Waals surface area (Å²) in [5.74, 6) is 1.27. The lowest BCUT2D eigenvalue weighted by atomic mass is 10.1. The molecule has 118 valence electrons. The number of aromatic hydroxyl groups is 1. The van der Waals surface area contributed by atoms with Crippen LogP contribution in [0.25, 0.3) is 11.2 Å². The maximum atomic E-state index is 10.1. The van der Waals surface area contributed by atoms with Gasteiger partial charge < -0.3 is 14.4 Å². The highest BCUT2D eigenvalue weighted by atomic mass is 16.5. The molecule has 5 heteroatoms. The van der Waals surface area contributed by atoms with E-state index in [-0.39, 0.29) is 6.10 Å². The molecule has 0 radical (unpaired) electrons. The molecule has 0 saturated carbocycles. The predicted octanol–water partition coefficient (Wildman–Crippen LogP) is 2.91. The van der Waals surface area contributed by atoms with Gasteiger partial charge in [-0.25, -0.2) is 9.97 Å². The van der Waals surface area contributed by atoms with Gasteiger partial charge in [0.1, 0.15) is 17.1 Å². The van der Waals surface area contributed by atoms with Crippen LogP contribution in [-0.4, -0.2) is 32.4 Å². The van der Waals surface area contributed by atoms with Crippen molar-refractivity contribution < 1.29 is 9.84 Å². The summed E-state index contributed by atoms with van der Waals surface area (Å²) in [6.45, 7) is 1.39. The molecule has 1 aliphatic heterocycles. The fourth-order valence-corrected chi connectivity index (χ4v) is 3.15. The molecule has 23 heavy (non-hydrogen) atoms. The zero-order valence-electron chi connectivity index (χ0n) is 12.9. The number of phenolic OH excluding ortho intramolecular Hbond substituents is 1. The largest absolute Gasteiger partial charge is 0.508 e. The van der Waals surface area contributed by atoms with E-state index >= 15 is 0 Å². The van der Waals surface area contributed by atoms with Gasteiger partial charge in [0.15, 0.2) is 5.65 Å². The lowest BCUT2D eigenvalue weighted by Crippen LogP contribution is -2.14. The van der Waals surface area contributed by atoms with Gasteiger partial charge in [-0.2, -0.15) is 0 Å². The highest BCUT2D eigenvalue weighted by molar-refractivity contribution is 5.71. The minimum absolute atomic E-state index is 0.231. The van der Waals surface area contributed by atoms with Crippen LogP contribution in [-0.2, 0) is 17.7 Å². The fourth-order valence-electron chi connectivity index (χ4n) is 3.15. The van der Waals surface area contributed by atoms with Crippen molar-refractivity contribution in [3.05, 3.63) is 54.0 Å². The minimum atomic E-state index is 0.231. The number of hydrogen-bond acceptors (Lipinski definition) is 4. The molecule has 1 aliphatic rings. The van der Waals surface area contributed by atoms with E-state index in [1.165, 1.54) is 0 Å². The molecule has 0 bridgehead atoms. The first-order valence-electron chi connectivity index (χ1n) is 8.00. The van der Waals surface area contributed by atoms with Gasteiger partial charge in [-0.1, -0.05) is 18.2 Å². The van der Waals surface area contributed by atoms with Crippen LogP contribution in [0, 0.1) is 0 Å². The molecule has 1 saturated heterocycles. The fraction of sp³-hybridized carbons (Fsp3) is 0.333. The second-order valence-electron chi connectivity index (χ2n) is 5.93. The van der Waals surface area contributed by atoms with E-state index in [1.807, 2.05) is 30.3 Å². The molecule has 1 N–H and O–H groups in total. The Kier molecular flexibility index (Phi) is 3.71. The molecule has 1 atom stereocenters. The van der Waals surface area contributed by atoms with Gasteiger partial charge in [0, 0.05) is 24.8 Å². The van der Waals surface area contributed by atoms with E-state index in [4.69, 9.17) is 9.72 Å². The SMILES string of the molecule is Oc1ccccc1Cn1c(CC2CCCO2)nc2cccnc21. The van der Waals surface area contributed by atoms with Gasteiger partial charge >= 0.3 is 0 Å². The molecule has 0 aliphatic carbocycles. The van der Waals surface area contributed by atoms with Crippen molar-refractivity contribution in [3.63, 3.8) is 0 Å². The number of aromatic nitrogens is 3. The Morgan fingerprint density at radius 2 is 2.13 bits per heavy atom. The molecule has 3 heterocycles. The van der Waals surface area contributed by atoms with Crippen LogP contribution in [0.3, 0.4) is 0 Å². The number of hydrogen-bond donors (Lipinski definition) is 1. The van der Waals surface area contributed by atoms with Gasteiger partial charge in [0.2, 0.25) is 0 Å². The van der Waals surface area contributed by atoms with Crippen molar-refractivity contribution in [3.8, 4) is 5.75 Å². The number of imidazole rings is 1. The zero-order chi connectivity index (χ0) is 15.6. The normalized spacial score (nSPS) is 17.8. The van der Waals surface area contributed by atoms with Crippen LogP contribution >= 0.6 is 0 Å². The summed E-state index contributed by atoms with van der Waals surface area (Å²) < 4.78 is 7.85. The first-order valence-corrected chi connectivity index (χ1v) is 8.00. The quantitative estimate of drug-likeness (QED) is 0.805. The van der Waals surface area contributed by atoms with Crippen LogP contribution in [0.4, 0.5) is 0 Å². The van der Waals surface area contributed by atoms with Crippen LogP contribution in [0.5, 0.6) is 5.75 Å². The topological polar surface area (TPSA) is 60.2 Å². The summed E-state index contributed by atoms with van der Waals surface area (Å²) in [5, 5.41) is 10.1. The standard InChI is InChI=1S/C18H19N3O2/c22-16-8-2-1-5-13(16)12-21-17(11-14-6-4-10-23-14)20-15-7-3-9-19-18(15)21/h1-3,5,7-9,14,22H,4,6,10-12H2. The molecule has 0 spiro atoms. The third-order valence-electron chi connectivity index (χ3n) is 4.34. The van der Waals surface area contributed by atoms with Crippen LogP contribution in [0.15, 0.2) is 42.6 Å². The third kappa shape index (κ3) is 2.80. The Balaban J connectivity index is 1.74.